The molecule has 3 atom stereocenters. The van der Waals surface area contributed by atoms with Gasteiger partial charge in [0.05, 0.1) is 24.8 Å². The zero-order chi connectivity index (χ0) is 18.6. The number of morpholine rings is 1. The van der Waals surface area contributed by atoms with E-state index in [9.17, 15) is 13.2 Å². The fourth-order valence-electron chi connectivity index (χ4n) is 4.46. The number of hydrogen-bond donors (Lipinski definition) is 1. The van der Waals surface area contributed by atoms with Crippen molar-refractivity contribution in [1.29, 1.82) is 0 Å². The summed E-state index contributed by atoms with van der Waals surface area (Å²) in [6.45, 7) is 2.68. The van der Waals surface area contributed by atoms with Gasteiger partial charge in [-0.05, 0) is 47.6 Å². The topological polar surface area (TPSA) is 24.5 Å². The van der Waals surface area contributed by atoms with Crippen molar-refractivity contribution >= 4 is 11.4 Å². The van der Waals surface area contributed by atoms with Crippen LogP contribution in [0.3, 0.4) is 0 Å². The molecule has 0 bridgehead atoms. The number of rotatable bonds is 2. The third kappa shape index (κ3) is 3.01. The molecule has 3 aliphatic rings. The molecular formula is C21H21F3N2O. The Kier molecular flexibility index (Phi) is 3.95. The van der Waals surface area contributed by atoms with E-state index in [-0.39, 0.29) is 6.10 Å². The second kappa shape index (κ2) is 6.24. The smallest absolute Gasteiger partial charge is 0.374 e. The maximum atomic E-state index is 13.4. The SMILES string of the molecule is FC(F)(F)c1ccc2c(c1)N(CC1CNCCO1)c1ccccc1C1CC21. The number of nitrogens with zero attached hydrogens (tertiary/aromatic N) is 1. The first-order chi connectivity index (χ1) is 13.0. The largest absolute Gasteiger partial charge is 0.416 e. The van der Waals surface area contributed by atoms with Gasteiger partial charge in [-0.3, -0.25) is 0 Å². The summed E-state index contributed by atoms with van der Waals surface area (Å²) < 4.78 is 46.0. The third-order valence-electron chi connectivity index (χ3n) is 5.86. The Morgan fingerprint density at radius 3 is 2.56 bits per heavy atom. The Morgan fingerprint density at radius 1 is 1.04 bits per heavy atom. The summed E-state index contributed by atoms with van der Waals surface area (Å²) in [6, 6.07) is 12.3. The van der Waals surface area contributed by atoms with E-state index >= 15 is 0 Å². The van der Waals surface area contributed by atoms with Crippen molar-refractivity contribution in [3.8, 4) is 0 Å². The van der Waals surface area contributed by atoms with Crippen molar-refractivity contribution in [2.24, 2.45) is 0 Å². The summed E-state index contributed by atoms with van der Waals surface area (Å²) in [5.74, 6) is 0.700. The number of fused-ring (bicyclic) bond motifs is 5. The first-order valence-electron chi connectivity index (χ1n) is 9.42. The van der Waals surface area contributed by atoms with Crippen LogP contribution < -0.4 is 10.2 Å². The van der Waals surface area contributed by atoms with Crippen LogP contribution in [0.5, 0.6) is 0 Å². The van der Waals surface area contributed by atoms with Crippen LogP contribution in [0.15, 0.2) is 42.5 Å². The van der Waals surface area contributed by atoms with Crippen LogP contribution in [0, 0.1) is 0 Å². The molecule has 3 unspecified atom stereocenters. The Bertz CT molecular complexity index is 861. The zero-order valence-electron chi connectivity index (χ0n) is 14.8. The fourth-order valence-corrected chi connectivity index (χ4v) is 4.46. The second-order valence-corrected chi connectivity index (χ2v) is 7.59. The lowest BCUT2D eigenvalue weighted by molar-refractivity contribution is -0.137. The number of nitrogens with one attached hydrogen (secondary N) is 1. The van der Waals surface area contributed by atoms with Gasteiger partial charge in [-0.1, -0.05) is 24.3 Å². The normalized spacial score (nSPS) is 26.6. The average Bonchev–Trinajstić information content (AvgIpc) is 3.46. The van der Waals surface area contributed by atoms with Crippen LogP contribution in [0.2, 0.25) is 0 Å². The van der Waals surface area contributed by atoms with Gasteiger partial charge < -0.3 is 15.0 Å². The quantitative estimate of drug-likeness (QED) is 0.842. The molecule has 27 heavy (non-hydrogen) atoms. The van der Waals surface area contributed by atoms with Crippen molar-refractivity contribution < 1.29 is 17.9 Å². The molecule has 3 nitrogen and oxygen atoms in total. The van der Waals surface area contributed by atoms with Gasteiger partial charge in [0.25, 0.3) is 0 Å². The molecule has 0 spiro atoms. The second-order valence-electron chi connectivity index (χ2n) is 7.59. The van der Waals surface area contributed by atoms with Crippen molar-refractivity contribution in [2.75, 3.05) is 31.1 Å². The number of para-hydroxylation sites is 1. The molecule has 0 aromatic heterocycles. The summed E-state index contributed by atoms with van der Waals surface area (Å²) in [5, 5.41) is 3.31. The van der Waals surface area contributed by atoms with Crippen LogP contribution in [0.4, 0.5) is 24.5 Å². The van der Waals surface area contributed by atoms with E-state index in [4.69, 9.17) is 4.74 Å². The van der Waals surface area contributed by atoms with Crippen LogP contribution in [0.1, 0.15) is 34.9 Å². The Labute approximate surface area is 156 Å². The van der Waals surface area contributed by atoms with Crippen molar-refractivity contribution in [3.63, 3.8) is 0 Å². The maximum Gasteiger partial charge on any atom is 0.416 e. The molecule has 0 radical (unpaired) electrons. The zero-order valence-corrected chi connectivity index (χ0v) is 14.8. The first-order valence-corrected chi connectivity index (χ1v) is 9.42. The number of alkyl halides is 3. The summed E-state index contributed by atoms with van der Waals surface area (Å²) in [4.78, 5) is 2.05. The van der Waals surface area contributed by atoms with Crippen LogP contribution in [-0.2, 0) is 10.9 Å². The van der Waals surface area contributed by atoms with E-state index in [2.05, 4.69) is 11.4 Å². The lowest BCUT2D eigenvalue weighted by Crippen LogP contribution is -2.44. The predicted octanol–water partition coefficient (Wildman–Crippen LogP) is 4.42. The van der Waals surface area contributed by atoms with Crippen molar-refractivity contribution in [2.45, 2.75) is 30.5 Å². The highest BCUT2D eigenvalue weighted by Gasteiger charge is 2.46. The molecule has 2 fully saturated rings. The summed E-state index contributed by atoms with van der Waals surface area (Å²) in [7, 11) is 0. The minimum Gasteiger partial charge on any atom is -0.374 e. The predicted molar refractivity (Wildman–Crippen MR) is 97.6 cm³/mol. The Hall–Kier alpha value is -2.05. The molecule has 1 aliphatic carbocycles. The van der Waals surface area contributed by atoms with Crippen LogP contribution >= 0.6 is 0 Å². The summed E-state index contributed by atoms with van der Waals surface area (Å²) in [5.41, 5.74) is 3.35. The van der Waals surface area contributed by atoms with Gasteiger partial charge in [0.2, 0.25) is 0 Å². The molecule has 1 saturated carbocycles. The van der Waals surface area contributed by atoms with Crippen molar-refractivity contribution in [1.82, 2.24) is 5.32 Å². The molecule has 142 valence electrons. The molecule has 2 heterocycles. The lowest BCUT2D eigenvalue weighted by atomic mass is 10.0. The van der Waals surface area contributed by atoms with E-state index in [1.54, 1.807) is 6.07 Å². The Balaban J connectivity index is 1.63. The van der Waals surface area contributed by atoms with E-state index in [0.29, 0.717) is 37.2 Å². The van der Waals surface area contributed by atoms with Crippen LogP contribution in [-0.4, -0.2) is 32.3 Å². The monoisotopic (exact) mass is 374 g/mol. The number of ether oxygens (including phenoxy) is 1. The third-order valence-corrected chi connectivity index (χ3v) is 5.86. The van der Waals surface area contributed by atoms with Crippen LogP contribution in [0.25, 0.3) is 0 Å². The molecule has 2 aliphatic heterocycles. The van der Waals surface area contributed by atoms with E-state index in [1.165, 1.54) is 17.7 Å². The molecule has 6 heteroatoms. The van der Waals surface area contributed by atoms with Gasteiger partial charge in [0.1, 0.15) is 0 Å². The number of hydrogen-bond acceptors (Lipinski definition) is 3. The molecular weight excluding hydrogens is 353 g/mol. The standard InChI is InChI=1S/C21H21F3N2O/c22-21(23,24)13-5-6-16-18-10-17(18)15-3-1-2-4-19(15)26(20(16)9-13)12-14-11-25-7-8-27-14/h1-6,9,14,17-18,25H,7-8,10-12H2. The number of anilines is 2. The number of benzene rings is 2. The minimum atomic E-state index is -4.35. The lowest BCUT2D eigenvalue weighted by Gasteiger charge is -2.33. The highest BCUT2D eigenvalue weighted by atomic mass is 19.4. The van der Waals surface area contributed by atoms with Crippen molar-refractivity contribution in [3.05, 3.63) is 59.2 Å². The first kappa shape index (κ1) is 17.1. The molecule has 2 aromatic rings. The highest BCUT2D eigenvalue weighted by molar-refractivity contribution is 5.75. The molecule has 5 rings (SSSR count). The van der Waals surface area contributed by atoms with Gasteiger partial charge in [0, 0.05) is 24.5 Å². The molecule has 1 saturated heterocycles. The minimum absolute atomic E-state index is 0.0522. The van der Waals surface area contributed by atoms with Gasteiger partial charge in [-0.25, -0.2) is 0 Å². The van der Waals surface area contributed by atoms with E-state index in [1.807, 2.05) is 23.1 Å². The Morgan fingerprint density at radius 2 is 1.81 bits per heavy atom. The fraction of sp³-hybridized carbons (Fsp3) is 0.429. The van der Waals surface area contributed by atoms with Gasteiger partial charge >= 0.3 is 6.18 Å². The van der Waals surface area contributed by atoms with Gasteiger partial charge in [-0.2, -0.15) is 13.2 Å². The molecule has 1 N–H and O–H groups in total. The molecule has 2 aromatic carbocycles. The summed E-state index contributed by atoms with van der Waals surface area (Å²) in [6.07, 6.45) is -3.40. The average molecular weight is 374 g/mol. The van der Waals surface area contributed by atoms with E-state index < -0.39 is 11.7 Å². The number of halogens is 3. The van der Waals surface area contributed by atoms with E-state index in [0.717, 1.165) is 24.2 Å². The van der Waals surface area contributed by atoms with Gasteiger partial charge in [0.15, 0.2) is 0 Å². The maximum absolute atomic E-state index is 13.4. The molecule has 0 amide bonds. The summed E-state index contributed by atoms with van der Waals surface area (Å²) >= 11 is 0. The highest BCUT2D eigenvalue weighted by Crippen LogP contribution is 2.61. The van der Waals surface area contributed by atoms with Gasteiger partial charge in [-0.15, -0.1) is 0 Å².